The van der Waals surface area contributed by atoms with E-state index in [1.54, 1.807) is 24.5 Å². The number of anilines is 1. The SMILES string of the molecule is CC12c3ccccc3C(c3ccccc31)[C@H]1C(=O)N(c3ccncc3)C(=O)[C@H]12. The van der Waals surface area contributed by atoms with Crippen molar-refractivity contribution in [3.05, 3.63) is 95.3 Å². The van der Waals surface area contributed by atoms with Gasteiger partial charge in [-0.05, 0) is 34.4 Å². The van der Waals surface area contributed by atoms with Gasteiger partial charge in [0.2, 0.25) is 11.8 Å². The monoisotopic (exact) mass is 366 g/mol. The Kier molecular flexibility index (Phi) is 2.91. The van der Waals surface area contributed by atoms with E-state index in [2.05, 4.69) is 36.2 Å². The summed E-state index contributed by atoms with van der Waals surface area (Å²) in [5.74, 6) is -1.03. The second-order valence-electron chi connectivity index (χ2n) is 8.08. The molecule has 4 nitrogen and oxygen atoms in total. The number of amides is 2. The van der Waals surface area contributed by atoms with Crippen LogP contribution in [-0.4, -0.2) is 16.8 Å². The van der Waals surface area contributed by atoms with Gasteiger partial charge in [0, 0.05) is 23.7 Å². The summed E-state index contributed by atoms with van der Waals surface area (Å²) < 4.78 is 0. The van der Waals surface area contributed by atoms with Gasteiger partial charge in [0.25, 0.3) is 0 Å². The quantitative estimate of drug-likeness (QED) is 0.618. The van der Waals surface area contributed by atoms with E-state index >= 15 is 0 Å². The zero-order chi connectivity index (χ0) is 19.0. The number of aromatic nitrogens is 1. The molecule has 1 aromatic heterocycles. The molecule has 4 heteroatoms. The Morgan fingerprint density at radius 1 is 0.821 bits per heavy atom. The summed E-state index contributed by atoms with van der Waals surface area (Å²) in [6.45, 7) is 2.14. The summed E-state index contributed by atoms with van der Waals surface area (Å²) in [5, 5.41) is 0. The Balaban J connectivity index is 1.64. The summed E-state index contributed by atoms with van der Waals surface area (Å²) in [5.41, 5.74) is 4.82. The second-order valence-corrected chi connectivity index (χ2v) is 8.08. The molecular weight excluding hydrogens is 348 g/mol. The number of imide groups is 1. The van der Waals surface area contributed by atoms with E-state index in [9.17, 15) is 9.59 Å². The number of hydrogen-bond acceptors (Lipinski definition) is 3. The van der Waals surface area contributed by atoms with Crippen molar-refractivity contribution in [2.45, 2.75) is 18.3 Å². The fourth-order valence-corrected chi connectivity index (χ4v) is 5.90. The zero-order valence-electron chi connectivity index (χ0n) is 15.4. The van der Waals surface area contributed by atoms with Crippen LogP contribution in [0.5, 0.6) is 0 Å². The molecule has 1 saturated heterocycles. The van der Waals surface area contributed by atoms with Crippen molar-refractivity contribution in [3.63, 3.8) is 0 Å². The number of hydrogen-bond donors (Lipinski definition) is 0. The molecule has 0 spiro atoms. The van der Waals surface area contributed by atoms with Crippen LogP contribution in [0.15, 0.2) is 73.1 Å². The highest BCUT2D eigenvalue weighted by Crippen LogP contribution is 2.64. The first kappa shape index (κ1) is 15.8. The number of pyridine rings is 1. The lowest BCUT2D eigenvalue weighted by Crippen LogP contribution is -2.51. The van der Waals surface area contributed by atoms with Crippen LogP contribution >= 0.6 is 0 Å². The predicted octanol–water partition coefficient (Wildman–Crippen LogP) is 3.65. The Bertz CT molecular complexity index is 1110. The van der Waals surface area contributed by atoms with Crippen LogP contribution in [0.4, 0.5) is 5.69 Å². The summed E-state index contributed by atoms with van der Waals surface area (Å²) in [6.07, 6.45) is 3.25. The van der Waals surface area contributed by atoms with Crippen LogP contribution in [0, 0.1) is 11.8 Å². The van der Waals surface area contributed by atoms with Crippen LogP contribution in [-0.2, 0) is 15.0 Å². The van der Waals surface area contributed by atoms with Crippen LogP contribution in [0.1, 0.15) is 35.1 Å². The molecule has 2 atom stereocenters. The first-order valence-electron chi connectivity index (χ1n) is 9.60. The third-order valence-electron chi connectivity index (χ3n) is 6.96. The maximum absolute atomic E-state index is 13.6. The largest absolute Gasteiger partial charge is 0.274 e. The molecule has 2 aromatic carbocycles. The zero-order valence-corrected chi connectivity index (χ0v) is 15.4. The normalized spacial score (nSPS) is 29.5. The lowest BCUT2D eigenvalue weighted by molar-refractivity contribution is -0.123. The van der Waals surface area contributed by atoms with Crippen molar-refractivity contribution < 1.29 is 9.59 Å². The number of nitrogens with zero attached hydrogens (tertiary/aromatic N) is 2. The molecule has 0 N–H and O–H groups in total. The lowest BCUT2D eigenvalue weighted by Gasteiger charge is -2.52. The van der Waals surface area contributed by atoms with Crippen LogP contribution < -0.4 is 4.90 Å². The molecule has 4 aliphatic rings. The van der Waals surface area contributed by atoms with Gasteiger partial charge < -0.3 is 0 Å². The summed E-state index contributed by atoms with van der Waals surface area (Å²) in [4.78, 5) is 32.7. The third-order valence-corrected chi connectivity index (χ3v) is 6.96. The van der Waals surface area contributed by atoms with Crippen LogP contribution in [0.3, 0.4) is 0 Å². The van der Waals surface area contributed by atoms with Crippen molar-refractivity contribution in [1.82, 2.24) is 4.98 Å². The van der Waals surface area contributed by atoms with Crippen molar-refractivity contribution in [1.29, 1.82) is 0 Å². The van der Waals surface area contributed by atoms with Crippen molar-refractivity contribution in [3.8, 4) is 0 Å². The van der Waals surface area contributed by atoms with E-state index in [1.165, 1.54) is 27.2 Å². The molecule has 0 unspecified atom stereocenters. The molecule has 1 aliphatic heterocycles. The molecule has 3 aliphatic carbocycles. The highest BCUT2D eigenvalue weighted by Gasteiger charge is 2.66. The highest BCUT2D eigenvalue weighted by molar-refractivity contribution is 6.23. The van der Waals surface area contributed by atoms with Gasteiger partial charge in [-0.3, -0.25) is 14.6 Å². The summed E-state index contributed by atoms with van der Waals surface area (Å²) in [6, 6.07) is 20.1. The second kappa shape index (κ2) is 5.16. The molecule has 3 aromatic rings. The number of rotatable bonds is 1. The van der Waals surface area contributed by atoms with Crippen molar-refractivity contribution >= 4 is 17.5 Å². The van der Waals surface area contributed by atoms with E-state index < -0.39 is 5.41 Å². The van der Waals surface area contributed by atoms with Gasteiger partial charge in [-0.2, -0.15) is 0 Å². The minimum atomic E-state index is -0.513. The molecule has 0 saturated carbocycles. The van der Waals surface area contributed by atoms with Gasteiger partial charge in [-0.25, -0.2) is 4.90 Å². The first-order chi connectivity index (χ1) is 13.6. The minimum absolute atomic E-state index is 0.0810. The van der Waals surface area contributed by atoms with E-state index in [0.717, 1.165) is 0 Å². The van der Waals surface area contributed by atoms with E-state index in [-0.39, 0.29) is 29.6 Å². The average Bonchev–Trinajstić information content (AvgIpc) is 3.01. The highest BCUT2D eigenvalue weighted by atomic mass is 16.2. The van der Waals surface area contributed by atoms with E-state index in [1.807, 2.05) is 24.3 Å². The molecule has 7 rings (SSSR count). The topological polar surface area (TPSA) is 50.3 Å². The molecule has 2 bridgehead atoms. The number of carbonyl (C=O) groups excluding carboxylic acids is 2. The third kappa shape index (κ3) is 1.65. The molecule has 2 amide bonds. The summed E-state index contributed by atoms with van der Waals surface area (Å²) >= 11 is 0. The molecule has 28 heavy (non-hydrogen) atoms. The van der Waals surface area contributed by atoms with Gasteiger partial charge in [0.05, 0.1) is 17.5 Å². The van der Waals surface area contributed by atoms with Crippen molar-refractivity contribution in [2.75, 3.05) is 4.90 Å². The summed E-state index contributed by atoms with van der Waals surface area (Å²) in [7, 11) is 0. The smallest absolute Gasteiger partial charge is 0.238 e. The average molecular weight is 366 g/mol. The molecular formula is C24H18N2O2. The molecule has 2 heterocycles. The van der Waals surface area contributed by atoms with Gasteiger partial charge >= 0.3 is 0 Å². The molecule has 136 valence electrons. The fraction of sp³-hybridized carbons (Fsp3) is 0.208. The number of carbonyl (C=O) groups is 2. The van der Waals surface area contributed by atoms with Gasteiger partial charge in [-0.1, -0.05) is 55.5 Å². The minimum Gasteiger partial charge on any atom is -0.274 e. The van der Waals surface area contributed by atoms with Gasteiger partial charge in [0.15, 0.2) is 0 Å². The maximum atomic E-state index is 13.6. The maximum Gasteiger partial charge on any atom is 0.238 e. The predicted molar refractivity (Wildman–Crippen MR) is 105 cm³/mol. The molecule has 0 radical (unpaired) electrons. The standard InChI is InChI=1S/C24H18N2O2/c1-24-17-8-4-2-6-15(17)19(16-7-3-5-9-18(16)24)20-21(24)23(28)26(22(20)27)14-10-12-25-13-11-14/h2-13,19-21H,1H3/t19?,20-,21+,24?/m1/s1. The van der Waals surface area contributed by atoms with Crippen molar-refractivity contribution in [2.24, 2.45) is 11.8 Å². The van der Waals surface area contributed by atoms with E-state index in [4.69, 9.17) is 0 Å². The Hall–Kier alpha value is -3.27. The number of benzene rings is 2. The first-order valence-corrected chi connectivity index (χ1v) is 9.60. The van der Waals surface area contributed by atoms with Crippen LogP contribution in [0.2, 0.25) is 0 Å². The Morgan fingerprint density at radius 2 is 1.39 bits per heavy atom. The van der Waals surface area contributed by atoms with Gasteiger partial charge in [0.1, 0.15) is 0 Å². The van der Waals surface area contributed by atoms with Crippen LogP contribution in [0.25, 0.3) is 0 Å². The fourth-order valence-electron chi connectivity index (χ4n) is 5.90. The van der Waals surface area contributed by atoms with Gasteiger partial charge in [-0.15, -0.1) is 0 Å². The lowest BCUT2D eigenvalue weighted by atomic mass is 9.48. The Morgan fingerprint density at radius 3 is 2.00 bits per heavy atom. The molecule has 1 fully saturated rings. The Labute approximate surface area is 162 Å². The van der Waals surface area contributed by atoms with E-state index in [0.29, 0.717) is 5.69 Å².